The van der Waals surface area contributed by atoms with E-state index in [-0.39, 0.29) is 18.1 Å². The summed E-state index contributed by atoms with van der Waals surface area (Å²) in [6, 6.07) is 15.8. The summed E-state index contributed by atoms with van der Waals surface area (Å²) in [7, 11) is 0. The van der Waals surface area contributed by atoms with Gasteiger partial charge >= 0.3 is 0 Å². The molecule has 2 fully saturated rings. The lowest BCUT2D eigenvalue weighted by atomic mass is 10.1. The highest BCUT2D eigenvalue weighted by Gasteiger charge is 2.34. The average molecular weight is 407 g/mol. The molecule has 8 heteroatoms. The zero-order chi connectivity index (χ0) is 20.9. The van der Waals surface area contributed by atoms with Crippen molar-refractivity contribution in [1.29, 1.82) is 0 Å². The second-order valence-electron chi connectivity index (χ2n) is 6.83. The fourth-order valence-electron chi connectivity index (χ4n) is 3.23. The van der Waals surface area contributed by atoms with Crippen LogP contribution in [0.1, 0.15) is 5.56 Å². The summed E-state index contributed by atoms with van der Waals surface area (Å²) in [5, 5.41) is 1.22. The highest BCUT2D eigenvalue weighted by Crippen LogP contribution is 2.22. The van der Waals surface area contributed by atoms with Crippen LogP contribution in [0.15, 0.2) is 60.2 Å². The zero-order valence-corrected chi connectivity index (χ0v) is 16.2. The standard InChI is InChI=1S/C22H21N3O5/c26-20(24-9-11-29-12-10-24)15-30-18-8-4-5-16(13-18)14-19-21(27)23-25(22(19)28)17-6-2-1-3-7-17/h1-8,13-14H,9-12,15H2,(H,23,27). The van der Waals surface area contributed by atoms with Crippen LogP contribution >= 0.6 is 0 Å². The van der Waals surface area contributed by atoms with Gasteiger partial charge in [0.05, 0.1) is 18.9 Å². The fraction of sp³-hybridized carbons (Fsp3) is 0.227. The highest BCUT2D eigenvalue weighted by atomic mass is 16.5. The summed E-state index contributed by atoms with van der Waals surface area (Å²) in [5.41, 5.74) is 3.80. The smallest absolute Gasteiger partial charge is 0.282 e. The van der Waals surface area contributed by atoms with Crippen LogP contribution < -0.4 is 15.2 Å². The number of para-hydroxylation sites is 1. The monoisotopic (exact) mass is 407 g/mol. The van der Waals surface area contributed by atoms with Crippen LogP contribution in [-0.4, -0.2) is 55.5 Å². The quantitative estimate of drug-likeness (QED) is 0.598. The predicted molar refractivity (Wildman–Crippen MR) is 109 cm³/mol. The first-order chi connectivity index (χ1) is 14.6. The lowest BCUT2D eigenvalue weighted by molar-refractivity contribution is -0.137. The first-order valence-corrected chi connectivity index (χ1v) is 9.62. The number of anilines is 1. The van der Waals surface area contributed by atoms with Crippen molar-refractivity contribution >= 4 is 29.5 Å². The summed E-state index contributed by atoms with van der Waals surface area (Å²) in [5.74, 6) is -0.527. The molecule has 0 aromatic heterocycles. The van der Waals surface area contributed by atoms with Crippen LogP contribution in [0.5, 0.6) is 5.75 Å². The number of hydrogen-bond acceptors (Lipinski definition) is 5. The van der Waals surface area contributed by atoms with E-state index in [0.717, 1.165) is 0 Å². The minimum absolute atomic E-state index is 0.0281. The van der Waals surface area contributed by atoms with E-state index in [1.54, 1.807) is 53.4 Å². The Morgan fingerprint density at radius 2 is 1.83 bits per heavy atom. The Bertz CT molecular complexity index is 983. The number of nitrogens with zero attached hydrogens (tertiary/aromatic N) is 2. The maximum absolute atomic E-state index is 12.7. The maximum atomic E-state index is 12.7. The van der Waals surface area contributed by atoms with Gasteiger partial charge in [-0.05, 0) is 35.9 Å². The fourth-order valence-corrected chi connectivity index (χ4v) is 3.23. The van der Waals surface area contributed by atoms with Crippen LogP contribution in [0.4, 0.5) is 5.69 Å². The molecule has 0 radical (unpaired) electrons. The van der Waals surface area contributed by atoms with Gasteiger partial charge in [-0.1, -0.05) is 30.3 Å². The number of amides is 3. The Morgan fingerprint density at radius 1 is 1.07 bits per heavy atom. The van der Waals surface area contributed by atoms with Gasteiger partial charge in [-0.2, -0.15) is 0 Å². The van der Waals surface area contributed by atoms with E-state index in [2.05, 4.69) is 5.43 Å². The number of rotatable bonds is 5. The number of carbonyl (C=O) groups excluding carboxylic acids is 3. The Hall–Kier alpha value is -3.65. The molecule has 2 aromatic carbocycles. The molecule has 0 aliphatic carbocycles. The number of carbonyl (C=O) groups is 3. The third-order valence-electron chi connectivity index (χ3n) is 4.80. The van der Waals surface area contributed by atoms with Gasteiger partial charge in [0.25, 0.3) is 17.7 Å². The van der Waals surface area contributed by atoms with Crippen LogP contribution in [0.2, 0.25) is 0 Å². The third-order valence-corrected chi connectivity index (χ3v) is 4.80. The largest absolute Gasteiger partial charge is 0.484 e. The van der Waals surface area contributed by atoms with Gasteiger partial charge < -0.3 is 14.4 Å². The van der Waals surface area contributed by atoms with Crippen molar-refractivity contribution in [1.82, 2.24) is 10.3 Å². The van der Waals surface area contributed by atoms with Crippen LogP contribution in [0.25, 0.3) is 6.08 Å². The molecular formula is C22H21N3O5. The van der Waals surface area contributed by atoms with E-state index in [9.17, 15) is 14.4 Å². The van der Waals surface area contributed by atoms with Crippen LogP contribution in [-0.2, 0) is 19.1 Å². The normalized spacial score (nSPS) is 17.9. The van der Waals surface area contributed by atoms with Crippen LogP contribution in [0.3, 0.4) is 0 Å². The van der Waals surface area contributed by atoms with Gasteiger partial charge in [0, 0.05) is 13.1 Å². The number of hydrogen-bond donors (Lipinski definition) is 1. The van der Waals surface area contributed by atoms with Crippen molar-refractivity contribution in [2.75, 3.05) is 37.9 Å². The Kier molecular flexibility index (Phi) is 5.76. The van der Waals surface area contributed by atoms with Gasteiger partial charge in [-0.15, -0.1) is 0 Å². The molecule has 30 heavy (non-hydrogen) atoms. The van der Waals surface area contributed by atoms with Crippen LogP contribution in [0, 0.1) is 0 Å². The maximum Gasteiger partial charge on any atom is 0.282 e. The van der Waals surface area contributed by atoms with Gasteiger partial charge in [-0.3, -0.25) is 19.8 Å². The summed E-state index contributed by atoms with van der Waals surface area (Å²) in [4.78, 5) is 38.9. The van der Waals surface area contributed by atoms with Crippen molar-refractivity contribution in [3.05, 3.63) is 65.7 Å². The van der Waals surface area contributed by atoms with E-state index in [0.29, 0.717) is 43.3 Å². The lowest BCUT2D eigenvalue weighted by Gasteiger charge is -2.26. The van der Waals surface area contributed by atoms with Gasteiger partial charge in [0.15, 0.2) is 6.61 Å². The molecule has 0 saturated carbocycles. The van der Waals surface area contributed by atoms with Crippen molar-refractivity contribution in [2.45, 2.75) is 0 Å². The molecule has 2 heterocycles. The zero-order valence-electron chi connectivity index (χ0n) is 16.2. The van der Waals surface area contributed by atoms with Crippen molar-refractivity contribution in [3.8, 4) is 5.75 Å². The molecule has 0 spiro atoms. The number of hydrazine groups is 1. The average Bonchev–Trinajstić information content (AvgIpc) is 3.07. The molecular weight excluding hydrogens is 386 g/mol. The molecule has 2 aromatic rings. The topological polar surface area (TPSA) is 88.2 Å². The van der Waals surface area contributed by atoms with Gasteiger partial charge in [0.2, 0.25) is 0 Å². The second-order valence-corrected chi connectivity index (χ2v) is 6.83. The molecule has 2 aliphatic heterocycles. The summed E-state index contributed by atoms with van der Waals surface area (Å²) >= 11 is 0. The van der Waals surface area contributed by atoms with Crippen molar-refractivity contribution in [3.63, 3.8) is 0 Å². The van der Waals surface area contributed by atoms with Gasteiger partial charge in [0.1, 0.15) is 11.3 Å². The molecule has 8 nitrogen and oxygen atoms in total. The molecule has 2 saturated heterocycles. The summed E-state index contributed by atoms with van der Waals surface area (Å²) < 4.78 is 10.9. The van der Waals surface area contributed by atoms with E-state index in [4.69, 9.17) is 9.47 Å². The Balaban J connectivity index is 1.44. The first kappa shape index (κ1) is 19.7. The number of nitrogens with one attached hydrogen (secondary N) is 1. The second kappa shape index (κ2) is 8.79. The Labute approximate surface area is 173 Å². The summed E-state index contributed by atoms with van der Waals surface area (Å²) in [6.07, 6.45) is 1.51. The van der Waals surface area contributed by atoms with E-state index < -0.39 is 11.8 Å². The van der Waals surface area contributed by atoms with E-state index >= 15 is 0 Å². The minimum Gasteiger partial charge on any atom is -0.484 e. The molecule has 0 unspecified atom stereocenters. The molecule has 154 valence electrons. The SMILES string of the molecule is O=C1NN(c2ccccc2)C(=O)C1=Cc1cccc(OCC(=O)N2CCOCC2)c1. The molecule has 0 bridgehead atoms. The summed E-state index contributed by atoms with van der Waals surface area (Å²) in [6.45, 7) is 2.10. The van der Waals surface area contributed by atoms with E-state index in [1.165, 1.54) is 11.1 Å². The lowest BCUT2D eigenvalue weighted by Crippen LogP contribution is -2.42. The Morgan fingerprint density at radius 3 is 2.60 bits per heavy atom. The first-order valence-electron chi connectivity index (χ1n) is 9.62. The number of benzene rings is 2. The number of ether oxygens (including phenoxy) is 2. The number of morpholine rings is 1. The molecule has 4 rings (SSSR count). The predicted octanol–water partition coefficient (Wildman–Crippen LogP) is 1.39. The highest BCUT2D eigenvalue weighted by molar-refractivity contribution is 6.31. The molecule has 2 aliphatic rings. The van der Waals surface area contributed by atoms with Crippen molar-refractivity contribution in [2.24, 2.45) is 0 Å². The van der Waals surface area contributed by atoms with Crippen molar-refractivity contribution < 1.29 is 23.9 Å². The molecule has 0 atom stereocenters. The molecule has 1 N–H and O–H groups in total. The minimum atomic E-state index is -0.474. The van der Waals surface area contributed by atoms with E-state index in [1.807, 2.05) is 6.07 Å². The molecule has 3 amide bonds. The third kappa shape index (κ3) is 4.33. The van der Waals surface area contributed by atoms with Gasteiger partial charge in [-0.25, -0.2) is 5.01 Å².